The summed E-state index contributed by atoms with van der Waals surface area (Å²) in [4.78, 5) is 0. The minimum atomic E-state index is 0. The van der Waals surface area contributed by atoms with Crippen LogP contribution < -0.4 is 0 Å². The van der Waals surface area contributed by atoms with Gasteiger partial charge in [-0.05, 0) is 12.1 Å². The fourth-order valence-corrected chi connectivity index (χ4v) is 0.253. The third kappa shape index (κ3) is 2.46. The van der Waals surface area contributed by atoms with Crippen LogP contribution in [0.1, 0.15) is 0 Å². The Morgan fingerprint density at radius 3 is 1.43 bits per heavy atom. The smallest absolute Gasteiger partial charge is 0.0496 e. The zero-order chi connectivity index (χ0) is 4.24. The van der Waals surface area contributed by atoms with Crippen LogP contribution in [0.4, 0.5) is 0 Å². The Hall–Kier alpha value is -0.232. The van der Waals surface area contributed by atoms with Crippen LogP contribution >= 0.6 is 0 Å². The Labute approximate surface area is 56.2 Å². The van der Waals surface area contributed by atoms with E-state index in [0.717, 1.165) is 0 Å². The van der Waals surface area contributed by atoms with Gasteiger partial charge in [0.25, 0.3) is 0 Å². The van der Waals surface area contributed by atoms with E-state index in [1.54, 1.807) is 12.4 Å². The molecule has 0 N–H and O–H groups in total. The van der Waals surface area contributed by atoms with Crippen molar-refractivity contribution in [1.29, 1.82) is 0 Å². The first-order valence-corrected chi connectivity index (χ1v) is 1.72. The topological polar surface area (TPSA) is 25.8 Å². The molecule has 0 spiro atoms. The van der Waals surface area contributed by atoms with Gasteiger partial charge < -0.3 is 0 Å². The van der Waals surface area contributed by atoms with E-state index >= 15 is 0 Å². The van der Waals surface area contributed by atoms with E-state index in [1.807, 2.05) is 12.1 Å². The van der Waals surface area contributed by atoms with Crippen molar-refractivity contribution in [3.8, 4) is 0 Å². The molecule has 0 aliphatic carbocycles. The summed E-state index contributed by atoms with van der Waals surface area (Å²) < 4.78 is 0. The van der Waals surface area contributed by atoms with E-state index in [9.17, 15) is 0 Å². The van der Waals surface area contributed by atoms with Gasteiger partial charge in [0.2, 0.25) is 0 Å². The Bertz CT molecular complexity index is 81.6. The number of hydrogen-bond donors (Lipinski definition) is 0. The summed E-state index contributed by atoms with van der Waals surface area (Å²) in [6.07, 6.45) is 3.28. The van der Waals surface area contributed by atoms with Crippen LogP contribution in [0, 0.1) is 0 Å². The first-order valence-electron chi connectivity index (χ1n) is 1.72. The van der Waals surface area contributed by atoms with Gasteiger partial charge >= 0.3 is 0 Å². The number of aromatic nitrogens is 2. The van der Waals surface area contributed by atoms with Gasteiger partial charge in [0, 0.05) is 33.5 Å². The first-order chi connectivity index (χ1) is 3.00. The summed E-state index contributed by atoms with van der Waals surface area (Å²) in [7, 11) is 0. The molecule has 0 aliphatic heterocycles. The minimum absolute atomic E-state index is 0. The molecule has 1 aromatic rings. The molecule has 0 radical (unpaired) electrons. The van der Waals surface area contributed by atoms with E-state index in [0.29, 0.717) is 0 Å². The van der Waals surface area contributed by atoms with Gasteiger partial charge in [-0.15, -0.1) is 0 Å². The average molecular weight is 264 g/mol. The second-order valence-corrected chi connectivity index (χ2v) is 0.914. The molecule has 2 nitrogen and oxygen atoms in total. The maximum Gasteiger partial charge on any atom is 0.0496 e. The normalized spacial score (nSPS) is 6.86. The summed E-state index contributed by atoms with van der Waals surface area (Å²) >= 11 is 0. The summed E-state index contributed by atoms with van der Waals surface area (Å²) in [6.45, 7) is 0. The fourth-order valence-electron chi connectivity index (χ4n) is 0.253. The molecule has 0 saturated carbocycles. The van der Waals surface area contributed by atoms with Crippen molar-refractivity contribution < 1.29 is 21.1 Å². The molecular weight excluding hydrogens is 260 g/mol. The molecule has 3 heteroatoms. The van der Waals surface area contributed by atoms with Crippen molar-refractivity contribution in [2.75, 3.05) is 0 Å². The molecule has 0 bridgehead atoms. The fraction of sp³-hybridized carbons (Fsp3) is 0. The molecule has 1 aromatic heterocycles. The van der Waals surface area contributed by atoms with Crippen LogP contribution in [0.5, 0.6) is 0 Å². The number of hydrogen-bond acceptors (Lipinski definition) is 2. The van der Waals surface area contributed by atoms with Crippen molar-refractivity contribution in [3.05, 3.63) is 24.5 Å². The molecule has 0 unspecified atom stereocenters. The number of rotatable bonds is 0. The molecule has 0 saturated heterocycles. The maximum absolute atomic E-state index is 3.53. The average Bonchev–Trinajstić information content (AvgIpc) is 1.72. The van der Waals surface area contributed by atoms with E-state index in [4.69, 9.17) is 0 Å². The van der Waals surface area contributed by atoms with Crippen LogP contribution in [0.15, 0.2) is 24.5 Å². The Morgan fingerprint density at radius 2 is 1.29 bits per heavy atom. The molecule has 0 atom stereocenters. The van der Waals surface area contributed by atoms with Crippen molar-refractivity contribution in [3.63, 3.8) is 0 Å². The summed E-state index contributed by atoms with van der Waals surface area (Å²) in [6, 6.07) is 3.65. The van der Waals surface area contributed by atoms with Crippen molar-refractivity contribution in [2.45, 2.75) is 0 Å². The van der Waals surface area contributed by atoms with Crippen LogP contribution in [0.3, 0.4) is 0 Å². The van der Waals surface area contributed by atoms with Gasteiger partial charge in [-0.25, -0.2) is 0 Å². The van der Waals surface area contributed by atoms with Gasteiger partial charge in [0.1, 0.15) is 0 Å². The van der Waals surface area contributed by atoms with Gasteiger partial charge in [-0.2, -0.15) is 10.2 Å². The zero-order valence-corrected chi connectivity index (χ0v) is 6.55. The molecule has 7 heavy (non-hydrogen) atoms. The van der Waals surface area contributed by atoms with Crippen molar-refractivity contribution in [1.82, 2.24) is 10.2 Å². The Balaban J connectivity index is 0.000000360. The van der Waals surface area contributed by atoms with Crippen molar-refractivity contribution >= 4 is 0 Å². The third-order valence-corrected chi connectivity index (χ3v) is 0.483. The molecule has 0 amide bonds. The molecule has 0 aromatic carbocycles. The number of nitrogens with zero attached hydrogens (tertiary/aromatic N) is 2. The van der Waals surface area contributed by atoms with E-state index in [-0.39, 0.29) is 21.1 Å². The largest absolute Gasteiger partial charge is 0.159 e. The second kappa shape index (κ2) is 3.94. The third-order valence-electron chi connectivity index (χ3n) is 0.483. The summed E-state index contributed by atoms with van der Waals surface area (Å²) in [5, 5.41) is 7.07. The quantitative estimate of drug-likeness (QED) is 0.680. The minimum Gasteiger partial charge on any atom is -0.159 e. The maximum atomic E-state index is 3.53. The molecular formula is C4H4N2W. The monoisotopic (exact) mass is 264 g/mol. The summed E-state index contributed by atoms with van der Waals surface area (Å²) in [5.74, 6) is 0. The second-order valence-electron chi connectivity index (χ2n) is 0.914. The van der Waals surface area contributed by atoms with Crippen LogP contribution in [0.25, 0.3) is 0 Å². The SMILES string of the molecule is [W].c1ccnnc1. The molecule has 36 valence electrons. The van der Waals surface area contributed by atoms with Gasteiger partial charge in [-0.1, -0.05) is 0 Å². The van der Waals surface area contributed by atoms with Crippen LogP contribution in [0.2, 0.25) is 0 Å². The van der Waals surface area contributed by atoms with Gasteiger partial charge in [-0.3, -0.25) is 0 Å². The molecule has 0 fully saturated rings. The van der Waals surface area contributed by atoms with Crippen LogP contribution in [-0.4, -0.2) is 10.2 Å². The van der Waals surface area contributed by atoms with Gasteiger partial charge in [0.05, 0.1) is 0 Å². The Kier molecular flexibility index (Phi) is 3.81. The first kappa shape index (κ1) is 6.77. The molecule has 0 aliphatic rings. The van der Waals surface area contributed by atoms with E-state index in [2.05, 4.69) is 10.2 Å². The van der Waals surface area contributed by atoms with E-state index in [1.165, 1.54) is 0 Å². The van der Waals surface area contributed by atoms with Crippen molar-refractivity contribution in [2.24, 2.45) is 0 Å². The standard InChI is InChI=1S/C4H4N2.W/c1-2-4-6-5-3-1;/h1-4H;. The predicted octanol–water partition coefficient (Wildman–Crippen LogP) is 0.474. The van der Waals surface area contributed by atoms with Crippen LogP contribution in [-0.2, 0) is 21.1 Å². The summed E-state index contributed by atoms with van der Waals surface area (Å²) in [5.41, 5.74) is 0. The zero-order valence-electron chi connectivity index (χ0n) is 3.61. The van der Waals surface area contributed by atoms with Gasteiger partial charge in [0.15, 0.2) is 0 Å². The van der Waals surface area contributed by atoms with E-state index < -0.39 is 0 Å². The predicted molar refractivity (Wildman–Crippen MR) is 22.0 cm³/mol. The molecule has 1 heterocycles. The Morgan fingerprint density at radius 1 is 0.857 bits per heavy atom. The molecule has 1 rings (SSSR count).